The number of nitrogens with one attached hydrogen (secondary N) is 1. The lowest BCUT2D eigenvalue weighted by molar-refractivity contribution is 0.0955. The van der Waals surface area contributed by atoms with E-state index < -0.39 is 0 Å². The van der Waals surface area contributed by atoms with Crippen LogP contribution in [-0.2, 0) is 0 Å². The molecule has 0 aliphatic rings. The van der Waals surface area contributed by atoms with Gasteiger partial charge in [-0.3, -0.25) is 4.79 Å². The Hall–Kier alpha value is -2.40. The molecule has 0 atom stereocenters. The summed E-state index contributed by atoms with van der Waals surface area (Å²) in [6.45, 7) is 6.02. The first-order chi connectivity index (χ1) is 11.1. The van der Waals surface area contributed by atoms with Crippen molar-refractivity contribution in [2.45, 2.75) is 6.92 Å². The molecule has 0 aliphatic carbocycles. The second-order valence-corrected chi connectivity index (χ2v) is 5.71. The SMILES string of the molecule is C=CCOc1ccc(/C=N\NC(=O)c2ccc(C)cc2)cc1Br. The fraction of sp³-hybridized carbons (Fsp3) is 0.111. The Bertz CT molecular complexity index is 724. The Morgan fingerprint density at radius 1 is 1.30 bits per heavy atom. The molecule has 0 radical (unpaired) electrons. The van der Waals surface area contributed by atoms with E-state index in [0.717, 1.165) is 21.3 Å². The number of ether oxygens (including phenoxy) is 1. The molecule has 2 aromatic rings. The lowest BCUT2D eigenvalue weighted by Gasteiger charge is -2.06. The first-order valence-electron chi connectivity index (χ1n) is 7.03. The van der Waals surface area contributed by atoms with Gasteiger partial charge in [0.05, 0.1) is 10.7 Å². The number of hydrazone groups is 1. The molecule has 0 saturated carbocycles. The minimum absolute atomic E-state index is 0.244. The van der Waals surface area contributed by atoms with Gasteiger partial charge in [-0.05, 0) is 58.7 Å². The van der Waals surface area contributed by atoms with E-state index in [2.05, 4.69) is 33.0 Å². The quantitative estimate of drug-likeness (QED) is 0.471. The Kier molecular flexibility index (Phi) is 6.11. The summed E-state index contributed by atoms with van der Waals surface area (Å²) in [7, 11) is 0. The topological polar surface area (TPSA) is 50.7 Å². The van der Waals surface area contributed by atoms with Gasteiger partial charge in [0.15, 0.2) is 0 Å². The molecule has 5 heteroatoms. The molecule has 0 spiro atoms. The second-order valence-electron chi connectivity index (χ2n) is 4.85. The summed E-state index contributed by atoms with van der Waals surface area (Å²) >= 11 is 3.43. The molecule has 0 saturated heterocycles. The third kappa shape index (κ3) is 5.07. The van der Waals surface area contributed by atoms with Gasteiger partial charge in [0, 0.05) is 5.56 Å². The van der Waals surface area contributed by atoms with Gasteiger partial charge >= 0.3 is 0 Å². The molecule has 4 nitrogen and oxygen atoms in total. The number of carbonyl (C=O) groups is 1. The summed E-state index contributed by atoms with van der Waals surface area (Å²) in [6, 6.07) is 12.8. The van der Waals surface area contributed by atoms with E-state index in [0.29, 0.717) is 12.2 Å². The van der Waals surface area contributed by atoms with Gasteiger partial charge in [0.2, 0.25) is 0 Å². The van der Waals surface area contributed by atoms with Crippen molar-refractivity contribution >= 4 is 28.1 Å². The summed E-state index contributed by atoms with van der Waals surface area (Å²) < 4.78 is 6.29. The molecule has 118 valence electrons. The summed E-state index contributed by atoms with van der Waals surface area (Å²) in [5, 5.41) is 3.97. The van der Waals surface area contributed by atoms with Crippen LogP contribution in [0.4, 0.5) is 0 Å². The average Bonchev–Trinajstić information content (AvgIpc) is 2.54. The maximum Gasteiger partial charge on any atom is 0.271 e. The first-order valence-corrected chi connectivity index (χ1v) is 7.83. The number of halogens is 1. The van der Waals surface area contributed by atoms with Crippen molar-refractivity contribution in [3.05, 3.63) is 76.3 Å². The number of hydrogen-bond donors (Lipinski definition) is 1. The van der Waals surface area contributed by atoms with Crippen LogP contribution in [0.3, 0.4) is 0 Å². The minimum atomic E-state index is -0.244. The second kappa shape index (κ2) is 8.29. The van der Waals surface area contributed by atoms with E-state index in [-0.39, 0.29) is 5.91 Å². The highest BCUT2D eigenvalue weighted by atomic mass is 79.9. The standard InChI is InChI=1S/C18H17BrN2O2/c1-3-10-23-17-9-6-14(11-16(17)19)12-20-21-18(22)15-7-4-13(2)5-8-15/h3-9,11-12H,1,10H2,2H3,(H,21,22)/b20-12-. The molecule has 23 heavy (non-hydrogen) atoms. The lowest BCUT2D eigenvalue weighted by atomic mass is 10.1. The van der Waals surface area contributed by atoms with Gasteiger partial charge in [-0.1, -0.05) is 30.4 Å². The highest BCUT2D eigenvalue weighted by molar-refractivity contribution is 9.10. The molecule has 1 N–H and O–H groups in total. The molecule has 0 bridgehead atoms. The smallest absolute Gasteiger partial charge is 0.271 e. The van der Waals surface area contributed by atoms with E-state index in [9.17, 15) is 4.79 Å². The van der Waals surface area contributed by atoms with Crippen molar-refractivity contribution in [3.63, 3.8) is 0 Å². The largest absolute Gasteiger partial charge is 0.488 e. The van der Waals surface area contributed by atoms with Crippen molar-refractivity contribution in [3.8, 4) is 5.75 Å². The van der Waals surface area contributed by atoms with Crippen LogP contribution in [0, 0.1) is 6.92 Å². The van der Waals surface area contributed by atoms with Crippen molar-refractivity contribution in [1.82, 2.24) is 5.43 Å². The monoisotopic (exact) mass is 372 g/mol. The summed E-state index contributed by atoms with van der Waals surface area (Å²) in [6.07, 6.45) is 3.26. The predicted molar refractivity (Wildman–Crippen MR) is 96.1 cm³/mol. The van der Waals surface area contributed by atoms with E-state index in [1.165, 1.54) is 0 Å². The van der Waals surface area contributed by atoms with Crippen LogP contribution in [0.15, 0.2) is 64.7 Å². The number of aryl methyl sites for hydroxylation is 1. The summed E-state index contributed by atoms with van der Waals surface area (Å²) in [4.78, 5) is 11.9. The Balaban J connectivity index is 1.97. The van der Waals surface area contributed by atoms with Crippen molar-refractivity contribution in [2.24, 2.45) is 5.10 Å². The highest BCUT2D eigenvalue weighted by Crippen LogP contribution is 2.25. The highest BCUT2D eigenvalue weighted by Gasteiger charge is 2.03. The minimum Gasteiger partial charge on any atom is -0.488 e. The van der Waals surface area contributed by atoms with Crippen molar-refractivity contribution < 1.29 is 9.53 Å². The summed E-state index contributed by atoms with van der Waals surface area (Å²) in [5.74, 6) is 0.483. The number of hydrogen-bond acceptors (Lipinski definition) is 3. The molecule has 2 rings (SSSR count). The van der Waals surface area contributed by atoms with Gasteiger partial charge in [-0.15, -0.1) is 0 Å². The van der Waals surface area contributed by atoms with Gasteiger partial charge in [0.25, 0.3) is 5.91 Å². The number of amides is 1. The molecule has 0 aliphatic heterocycles. The molecule has 1 amide bonds. The average molecular weight is 373 g/mol. The van der Waals surface area contributed by atoms with Gasteiger partial charge in [0.1, 0.15) is 12.4 Å². The van der Waals surface area contributed by atoms with Crippen molar-refractivity contribution in [2.75, 3.05) is 6.61 Å². The molecular formula is C18H17BrN2O2. The third-order valence-corrected chi connectivity index (χ3v) is 3.63. The number of nitrogens with zero attached hydrogens (tertiary/aromatic N) is 1. The van der Waals surface area contributed by atoms with Crippen LogP contribution in [0.25, 0.3) is 0 Å². The van der Waals surface area contributed by atoms with Crippen LogP contribution in [0.5, 0.6) is 5.75 Å². The zero-order valence-corrected chi connectivity index (χ0v) is 14.3. The number of carbonyl (C=O) groups excluding carboxylic acids is 1. The molecule has 0 fully saturated rings. The normalized spacial score (nSPS) is 10.5. The zero-order chi connectivity index (χ0) is 16.7. The van der Waals surface area contributed by atoms with Crippen LogP contribution in [0.2, 0.25) is 0 Å². The maximum atomic E-state index is 11.9. The molecule has 0 unspecified atom stereocenters. The predicted octanol–water partition coefficient (Wildman–Crippen LogP) is 4.09. The Morgan fingerprint density at radius 2 is 2.04 bits per heavy atom. The lowest BCUT2D eigenvalue weighted by Crippen LogP contribution is -2.17. The molecule has 0 aromatic heterocycles. The third-order valence-electron chi connectivity index (χ3n) is 3.01. The van der Waals surface area contributed by atoms with Gasteiger partial charge in [-0.25, -0.2) is 5.43 Å². The zero-order valence-electron chi connectivity index (χ0n) is 12.8. The Labute approximate surface area is 144 Å². The Morgan fingerprint density at radius 3 is 2.70 bits per heavy atom. The summed E-state index contributed by atoms with van der Waals surface area (Å²) in [5.41, 5.74) is 5.02. The van der Waals surface area contributed by atoms with Crippen molar-refractivity contribution in [1.29, 1.82) is 0 Å². The van der Waals surface area contributed by atoms with Gasteiger partial charge < -0.3 is 4.74 Å². The molecule has 2 aromatic carbocycles. The fourth-order valence-corrected chi connectivity index (χ4v) is 2.31. The van der Waals surface area contributed by atoms with E-state index >= 15 is 0 Å². The van der Waals surface area contributed by atoms with E-state index in [1.54, 1.807) is 24.4 Å². The fourth-order valence-electron chi connectivity index (χ4n) is 1.80. The molecule has 0 heterocycles. The van der Waals surface area contributed by atoms with Gasteiger partial charge in [-0.2, -0.15) is 5.10 Å². The molecular weight excluding hydrogens is 356 g/mol. The van der Waals surface area contributed by atoms with Crippen LogP contribution < -0.4 is 10.2 Å². The van der Waals surface area contributed by atoms with E-state index in [1.807, 2.05) is 37.3 Å². The van der Waals surface area contributed by atoms with Crippen LogP contribution in [0.1, 0.15) is 21.5 Å². The first kappa shape index (κ1) is 17.0. The number of rotatable bonds is 6. The van der Waals surface area contributed by atoms with Crippen LogP contribution >= 0.6 is 15.9 Å². The van der Waals surface area contributed by atoms with Crippen LogP contribution in [-0.4, -0.2) is 18.7 Å². The number of benzene rings is 2. The maximum absolute atomic E-state index is 11.9. The van der Waals surface area contributed by atoms with E-state index in [4.69, 9.17) is 4.74 Å².